The summed E-state index contributed by atoms with van der Waals surface area (Å²) in [7, 11) is 0. The van der Waals surface area contributed by atoms with Crippen molar-refractivity contribution in [1.29, 1.82) is 0 Å². The van der Waals surface area contributed by atoms with E-state index >= 15 is 0 Å². The van der Waals surface area contributed by atoms with Crippen molar-refractivity contribution in [3.63, 3.8) is 0 Å². The van der Waals surface area contributed by atoms with Gasteiger partial charge in [-0.25, -0.2) is 0 Å². The molecule has 0 aromatic carbocycles. The van der Waals surface area contributed by atoms with Crippen LogP contribution in [-0.2, 0) is 0 Å². The Kier molecular flexibility index (Phi) is 3.86. The second kappa shape index (κ2) is 5.16. The topological polar surface area (TPSA) is 12.0 Å². The second-order valence-corrected chi connectivity index (χ2v) is 5.28. The SMILES string of the molecule is CCCCC1CCCC1CNC1CC1. The summed E-state index contributed by atoms with van der Waals surface area (Å²) in [6.07, 6.45) is 11.7. The van der Waals surface area contributed by atoms with Crippen molar-refractivity contribution in [2.45, 2.75) is 64.3 Å². The van der Waals surface area contributed by atoms with Crippen LogP contribution in [0.25, 0.3) is 0 Å². The molecular weight excluding hydrogens is 170 g/mol. The van der Waals surface area contributed by atoms with Gasteiger partial charge in [0.2, 0.25) is 0 Å². The Labute approximate surface area is 88.7 Å². The highest BCUT2D eigenvalue weighted by Gasteiger charge is 2.28. The van der Waals surface area contributed by atoms with Gasteiger partial charge in [-0.1, -0.05) is 39.0 Å². The fourth-order valence-corrected chi connectivity index (χ4v) is 2.83. The first-order valence-corrected chi connectivity index (χ1v) is 6.63. The zero-order chi connectivity index (χ0) is 9.80. The summed E-state index contributed by atoms with van der Waals surface area (Å²) in [5, 5.41) is 3.70. The molecule has 2 aliphatic carbocycles. The molecule has 2 saturated carbocycles. The van der Waals surface area contributed by atoms with Crippen molar-refractivity contribution in [3.8, 4) is 0 Å². The molecule has 2 atom stereocenters. The first-order valence-electron chi connectivity index (χ1n) is 6.63. The molecule has 2 unspecified atom stereocenters. The van der Waals surface area contributed by atoms with E-state index in [2.05, 4.69) is 12.2 Å². The summed E-state index contributed by atoms with van der Waals surface area (Å²) in [5.74, 6) is 2.07. The average Bonchev–Trinajstić information content (AvgIpc) is 2.92. The summed E-state index contributed by atoms with van der Waals surface area (Å²) in [6, 6.07) is 0.905. The standard InChI is InChI=1S/C13H25N/c1-2-3-5-11-6-4-7-12(11)10-14-13-8-9-13/h11-14H,2-10H2,1H3. The number of unbranched alkanes of at least 4 members (excludes halogenated alkanes) is 1. The van der Waals surface area contributed by atoms with Crippen molar-refractivity contribution < 1.29 is 0 Å². The van der Waals surface area contributed by atoms with Crippen molar-refractivity contribution >= 4 is 0 Å². The highest BCUT2D eigenvalue weighted by molar-refractivity contribution is 4.85. The predicted octanol–water partition coefficient (Wildman–Crippen LogP) is 3.34. The Hall–Kier alpha value is -0.0400. The van der Waals surface area contributed by atoms with Crippen molar-refractivity contribution in [3.05, 3.63) is 0 Å². The molecule has 0 spiro atoms. The van der Waals surface area contributed by atoms with Gasteiger partial charge in [-0.05, 0) is 37.6 Å². The Balaban J connectivity index is 1.66. The minimum Gasteiger partial charge on any atom is -0.314 e. The third-order valence-corrected chi connectivity index (χ3v) is 3.99. The first-order chi connectivity index (χ1) is 6.90. The lowest BCUT2D eigenvalue weighted by Gasteiger charge is -2.19. The summed E-state index contributed by atoms with van der Waals surface area (Å²) in [4.78, 5) is 0. The molecule has 0 aliphatic heterocycles. The van der Waals surface area contributed by atoms with Crippen LogP contribution in [0.15, 0.2) is 0 Å². The van der Waals surface area contributed by atoms with Crippen LogP contribution >= 0.6 is 0 Å². The van der Waals surface area contributed by atoms with E-state index in [1.807, 2.05) is 0 Å². The minimum absolute atomic E-state index is 0.905. The molecule has 82 valence electrons. The largest absolute Gasteiger partial charge is 0.314 e. The van der Waals surface area contributed by atoms with Gasteiger partial charge < -0.3 is 5.32 Å². The van der Waals surface area contributed by atoms with Gasteiger partial charge in [-0.15, -0.1) is 0 Å². The molecule has 1 N–H and O–H groups in total. The van der Waals surface area contributed by atoms with E-state index in [1.165, 1.54) is 57.9 Å². The van der Waals surface area contributed by atoms with E-state index in [0.717, 1.165) is 17.9 Å². The second-order valence-electron chi connectivity index (χ2n) is 5.28. The number of hydrogen-bond acceptors (Lipinski definition) is 1. The third-order valence-electron chi connectivity index (χ3n) is 3.99. The molecule has 0 amide bonds. The maximum Gasteiger partial charge on any atom is 0.00683 e. The summed E-state index contributed by atoms with van der Waals surface area (Å²) in [6.45, 7) is 3.63. The Bertz CT molecular complexity index is 163. The number of rotatable bonds is 6. The lowest BCUT2D eigenvalue weighted by atomic mass is 9.91. The van der Waals surface area contributed by atoms with Crippen LogP contribution in [0.1, 0.15) is 58.3 Å². The van der Waals surface area contributed by atoms with E-state index in [1.54, 1.807) is 0 Å². The molecule has 0 heterocycles. The van der Waals surface area contributed by atoms with E-state index in [0.29, 0.717) is 0 Å². The molecule has 0 saturated heterocycles. The van der Waals surface area contributed by atoms with Gasteiger partial charge >= 0.3 is 0 Å². The van der Waals surface area contributed by atoms with Crippen LogP contribution in [0, 0.1) is 11.8 Å². The van der Waals surface area contributed by atoms with Crippen LogP contribution in [0.5, 0.6) is 0 Å². The predicted molar refractivity (Wildman–Crippen MR) is 61.4 cm³/mol. The van der Waals surface area contributed by atoms with Crippen LogP contribution < -0.4 is 5.32 Å². The lowest BCUT2D eigenvalue weighted by Crippen LogP contribution is -2.26. The van der Waals surface area contributed by atoms with E-state index in [9.17, 15) is 0 Å². The van der Waals surface area contributed by atoms with E-state index in [4.69, 9.17) is 0 Å². The van der Waals surface area contributed by atoms with E-state index in [-0.39, 0.29) is 0 Å². The maximum absolute atomic E-state index is 3.70. The smallest absolute Gasteiger partial charge is 0.00683 e. The van der Waals surface area contributed by atoms with Gasteiger partial charge in [0.1, 0.15) is 0 Å². The van der Waals surface area contributed by atoms with Gasteiger partial charge in [-0.3, -0.25) is 0 Å². The molecule has 14 heavy (non-hydrogen) atoms. The highest BCUT2D eigenvalue weighted by Crippen LogP contribution is 2.35. The molecule has 0 aromatic rings. The molecule has 1 nitrogen and oxygen atoms in total. The first kappa shape index (κ1) is 10.5. The average molecular weight is 195 g/mol. The fourth-order valence-electron chi connectivity index (χ4n) is 2.83. The normalized spacial score (nSPS) is 32.4. The number of nitrogens with one attached hydrogen (secondary N) is 1. The molecule has 2 aliphatic rings. The Morgan fingerprint density at radius 2 is 1.86 bits per heavy atom. The Morgan fingerprint density at radius 1 is 1.07 bits per heavy atom. The molecule has 0 bridgehead atoms. The van der Waals surface area contributed by atoms with Crippen LogP contribution in [0.4, 0.5) is 0 Å². The molecule has 0 aromatic heterocycles. The molecule has 0 radical (unpaired) electrons. The van der Waals surface area contributed by atoms with Crippen molar-refractivity contribution in [1.82, 2.24) is 5.32 Å². The van der Waals surface area contributed by atoms with Crippen LogP contribution in [0.3, 0.4) is 0 Å². The minimum atomic E-state index is 0.905. The van der Waals surface area contributed by atoms with Gasteiger partial charge in [0.15, 0.2) is 0 Å². The fraction of sp³-hybridized carbons (Fsp3) is 1.00. The quantitative estimate of drug-likeness (QED) is 0.685. The van der Waals surface area contributed by atoms with Crippen LogP contribution in [0.2, 0.25) is 0 Å². The van der Waals surface area contributed by atoms with Crippen molar-refractivity contribution in [2.75, 3.05) is 6.54 Å². The highest BCUT2D eigenvalue weighted by atomic mass is 14.9. The van der Waals surface area contributed by atoms with Crippen LogP contribution in [-0.4, -0.2) is 12.6 Å². The molecular formula is C13H25N. The summed E-state index contributed by atoms with van der Waals surface area (Å²) in [5.41, 5.74) is 0. The zero-order valence-corrected chi connectivity index (χ0v) is 9.60. The van der Waals surface area contributed by atoms with Gasteiger partial charge in [0.05, 0.1) is 0 Å². The lowest BCUT2D eigenvalue weighted by molar-refractivity contribution is 0.339. The molecule has 2 rings (SSSR count). The monoisotopic (exact) mass is 195 g/mol. The van der Waals surface area contributed by atoms with E-state index < -0.39 is 0 Å². The number of hydrogen-bond donors (Lipinski definition) is 1. The van der Waals surface area contributed by atoms with Gasteiger partial charge in [0.25, 0.3) is 0 Å². The van der Waals surface area contributed by atoms with Gasteiger partial charge in [-0.2, -0.15) is 0 Å². The summed E-state index contributed by atoms with van der Waals surface area (Å²) < 4.78 is 0. The molecule has 2 fully saturated rings. The van der Waals surface area contributed by atoms with Gasteiger partial charge in [0, 0.05) is 6.04 Å². The molecule has 1 heteroatoms. The zero-order valence-electron chi connectivity index (χ0n) is 9.60. The summed E-state index contributed by atoms with van der Waals surface area (Å²) >= 11 is 0. The third kappa shape index (κ3) is 2.98. The maximum atomic E-state index is 3.70. The van der Waals surface area contributed by atoms with Crippen molar-refractivity contribution in [2.24, 2.45) is 11.8 Å². The Morgan fingerprint density at radius 3 is 2.57 bits per heavy atom.